The molecule has 2 N–H and O–H groups in total. The fourth-order valence-electron chi connectivity index (χ4n) is 2.37. The lowest BCUT2D eigenvalue weighted by molar-refractivity contribution is 0.0993. The van der Waals surface area contributed by atoms with Crippen LogP contribution in [0.1, 0.15) is 34.4 Å². The largest absolute Gasteiger partial charge is 0.396 e. The number of rotatable bonds is 3. The number of anilines is 2. The average molecular weight is 302 g/mol. The number of carbonyl (C=O) groups is 1. The molecule has 0 aromatic carbocycles. The minimum absolute atomic E-state index is 0.0274. The third kappa shape index (κ3) is 2.15. The standard InChI is InChI=1S/C13H14N6OS/c1-2-9(20)12-11(15)8(5-14)13(21-12)18-3-4-19-7-16-17-10(19)6-18/h7H,2-4,6,15H2,1H3. The molecule has 7 nitrogen and oxygen atoms in total. The number of aromatic nitrogens is 3. The first kappa shape index (κ1) is 13.6. The normalized spacial score (nSPS) is 13.8. The lowest BCUT2D eigenvalue weighted by Crippen LogP contribution is -2.33. The van der Waals surface area contributed by atoms with Gasteiger partial charge in [-0.25, -0.2) is 0 Å². The highest BCUT2D eigenvalue weighted by Crippen LogP contribution is 2.39. The fraction of sp³-hybridized carbons (Fsp3) is 0.385. The number of nitrogens with two attached hydrogens (primary N) is 1. The minimum atomic E-state index is -0.0274. The Hall–Kier alpha value is -2.40. The van der Waals surface area contributed by atoms with Gasteiger partial charge in [0.15, 0.2) is 11.6 Å². The monoisotopic (exact) mass is 302 g/mol. The van der Waals surface area contributed by atoms with E-state index in [0.29, 0.717) is 29.1 Å². The molecular formula is C13H14N6OS. The number of carbonyl (C=O) groups excluding carboxylic acids is 1. The maximum atomic E-state index is 11.9. The van der Waals surface area contributed by atoms with Crippen LogP contribution in [0.2, 0.25) is 0 Å². The van der Waals surface area contributed by atoms with E-state index in [1.807, 2.05) is 9.47 Å². The Morgan fingerprint density at radius 2 is 2.38 bits per heavy atom. The Morgan fingerprint density at radius 3 is 3.10 bits per heavy atom. The summed E-state index contributed by atoms with van der Waals surface area (Å²) >= 11 is 1.30. The van der Waals surface area contributed by atoms with Crippen LogP contribution in [0, 0.1) is 11.3 Å². The van der Waals surface area contributed by atoms with Crippen molar-refractivity contribution in [1.29, 1.82) is 5.26 Å². The molecule has 0 unspecified atom stereocenters. The number of hydrogen-bond donors (Lipinski definition) is 1. The Balaban J connectivity index is 2.00. The highest BCUT2D eigenvalue weighted by Gasteiger charge is 2.26. The van der Waals surface area contributed by atoms with Gasteiger partial charge in [0.05, 0.1) is 17.1 Å². The summed E-state index contributed by atoms with van der Waals surface area (Å²) in [7, 11) is 0. The number of hydrogen-bond acceptors (Lipinski definition) is 7. The van der Waals surface area contributed by atoms with Crippen LogP contribution >= 0.6 is 11.3 Å². The molecule has 0 spiro atoms. The van der Waals surface area contributed by atoms with Crippen LogP contribution in [0.5, 0.6) is 0 Å². The molecule has 3 heterocycles. The first-order valence-corrected chi connectivity index (χ1v) is 7.44. The molecule has 0 amide bonds. The zero-order valence-electron chi connectivity index (χ0n) is 11.5. The van der Waals surface area contributed by atoms with E-state index in [0.717, 1.165) is 23.9 Å². The molecule has 0 atom stereocenters. The van der Waals surface area contributed by atoms with Crippen molar-refractivity contribution >= 4 is 27.8 Å². The Morgan fingerprint density at radius 1 is 1.57 bits per heavy atom. The van der Waals surface area contributed by atoms with Crippen molar-refractivity contribution < 1.29 is 4.79 Å². The summed E-state index contributed by atoms with van der Waals surface area (Å²) in [4.78, 5) is 14.5. The van der Waals surface area contributed by atoms with Gasteiger partial charge in [-0.05, 0) is 0 Å². The van der Waals surface area contributed by atoms with E-state index in [-0.39, 0.29) is 5.78 Å². The summed E-state index contributed by atoms with van der Waals surface area (Å²) in [6, 6.07) is 2.13. The maximum absolute atomic E-state index is 11.9. The van der Waals surface area contributed by atoms with Gasteiger partial charge in [-0.2, -0.15) is 5.26 Å². The number of thiophene rings is 1. The van der Waals surface area contributed by atoms with Gasteiger partial charge in [0.25, 0.3) is 0 Å². The molecule has 8 heteroatoms. The molecule has 0 aliphatic carbocycles. The second-order valence-electron chi connectivity index (χ2n) is 4.78. The molecular weight excluding hydrogens is 288 g/mol. The van der Waals surface area contributed by atoms with Crippen molar-refractivity contribution in [3.05, 3.63) is 22.6 Å². The summed E-state index contributed by atoms with van der Waals surface area (Å²) in [6.07, 6.45) is 2.08. The van der Waals surface area contributed by atoms with Crippen LogP contribution in [0.3, 0.4) is 0 Å². The smallest absolute Gasteiger partial charge is 0.174 e. The number of ketones is 1. The number of nitrogen functional groups attached to an aromatic ring is 1. The van der Waals surface area contributed by atoms with Crippen LogP contribution in [-0.2, 0) is 13.1 Å². The van der Waals surface area contributed by atoms with Gasteiger partial charge >= 0.3 is 0 Å². The molecule has 0 bridgehead atoms. The number of nitriles is 1. The van der Waals surface area contributed by atoms with Gasteiger partial charge in [0, 0.05) is 19.5 Å². The van der Waals surface area contributed by atoms with Gasteiger partial charge in [-0.1, -0.05) is 6.92 Å². The Labute approximate surface area is 125 Å². The number of nitrogens with zero attached hydrogens (tertiary/aromatic N) is 5. The van der Waals surface area contributed by atoms with Crippen LogP contribution in [-0.4, -0.2) is 27.1 Å². The van der Waals surface area contributed by atoms with Gasteiger partial charge < -0.3 is 15.2 Å². The van der Waals surface area contributed by atoms with Gasteiger partial charge in [-0.3, -0.25) is 4.79 Å². The molecule has 1 aliphatic heterocycles. The first-order chi connectivity index (χ1) is 10.2. The van der Waals surface area contributed by atoms with E-state index in [1.165, 1.54) is 11.3 Å². The number of fused-ring (bicyclic) bond motifs is 1. The van der Waals surface area contributed by atoms with Crippen molar-refractivity contribution in [2.75, 3.05) is 17.2 Å². The molecule has 2 aromatic rings. The molecule has 108 valence electrons. The zero-order valence-corrected chi connectivity index (χ0v) is 12.4. The predicted molar refractivity (Wildman–Crippen MR) is 79.1 cm³/mol. The van der Waals surface area contributed by atoms with Crippen molar-refractivity contribution in [1.82, 2.24) is 14.8 Å². The minimum Gasteiger partial charge on any atom is -0.396 e. The fourth-order valence-corrected chi connectivity index (χ4v) is 3.58. The summed E-state index contributed by atoms with van der Waals surface area (Å²) in [5, 5.41) is 18.1. The van der Waals surface area contributed by atoms with Gasteiger partial charge in [0.1, 0.15) is 23.0 Å². The summed E-state index contributed by atoms with van der Waals surface area (Å²) in [5.41, 5.74) is 6.68. The molecule has 0 saturated carbocycles. The van der Waals surface area contributed by atoms with Crippen molar-refractivity contribution in [3.63, 3.8) is 0 Å². The van der Waals surface area contributed by atoms with Gasteiger partial charge in [0.2, 0.25) is 0 Å². The second kappa shape index (κ2) is 5.18. The second-order valence-corrected chi connectivity index (χ2v) is 5.77. The summed E-state index contributed by atoms with van der Waals surface area (Å²) in [6.45, 7) is 3.84. The topological polar surface area (TPSA) is 101 Å². The quantitative estimate of drug-likeness (QED) is 0.860. The summed E-state index contributed by atoms with van der Waals surface area (Å²) in [5.74, 6) is 0.820. The molecule has 21 heavy (non-hydrogen) atoms. The van der Waals surface area contributed by atoms with Crippen LogP contribution in [0.25, 0.3) is 0 Å². The van der Waals surface area contributed by atoms with E-state index in [4.69, 9.17) is 5.73 Å². The Bertz CT molecular complexity index is 740. The third-order valence-corrected chi connectivity index (χ3v) is 4.85. The molecule has 2 aromatic heterocycles. The molecule has 0 radical (unpaired) electrons. The van der Waals surface area contributed by atoms with Crippen LogP contribution in [0.15, 0.2) is 6.33 Å². The molecule has 0 fully saturated rings. The SMILES string of the molecule is CCC(=O)c1sc(N2CCn3cnnc3C2)c(C#N)c1N. The molecule has 1 aliphatic rings. The zero-order chi connectivity index (χ0) is 15.0. The highest BCUT2D eigenvalue weighted by molar-refractivity contribution is 7.19. The lowest BCUT2D eigenvalue weighted by Gasteiger charge is -2.27. The van der Waals surface area contributed by atoms with Crippen molar-refractivity contribution in [3.8, 4) is 6.07 Å². The van der Waals surface area contributed by atoms with E-state index in [1.54, 1.807) is 13.3 Å². The van der Waals surface area contributed by atoms with Crippen molar-refractivity contribution in [2.45, 2.75) is 26.4 Å². The van der Waals surface area contributed by atoms with E-state index in [2.05, 4.69) is 16.3 Å². The maximum Gasteiger partial charge on any atom is 0.174 e. The average Bonchev–Trinajstić information content (AvgIpc) is 3.09. The lowest BCUT2D eigenvalue weighted by atomic mass is 10.2. The van der Waals surface area contributed by atoms with E-state index in [9.17, 15) is 10.1 Å². The van der Waals surface area contributed by atoms with Crippen LogP contribution in [0.4, 0.5) is 10.7 Å². The van der Waals surface area contributed by atoms with Crippen molar-refractivity contribution in [2.24, 2.45) is 0 Å². The summed E-state index contributed by atoms with van der Waals surface area (Å²) < 4.78 is 1.98. The predicted octanol–water partition coefficient (Wildman–Crippen LogP) is 1.41. The molecule has 0 saturated heterocycles. The number of Topliss-reactive ketones (excluding diaryl/α,β-unsaturated/α-hetero) is 1. The van der Waals surface area contributed by atoms with Gasteiger partial charge in [-0.15, -0.1) is 21.5 Å². The highest BCUT2D eigenvalue weighted by atomic mass is 32.1. The first-order valence-electron chi connectivity index (χ1n) is 6.62. The molecule has 3 rings (SSSR count). The third-order valence-electron chi connectivity index (χ3n) is 3.54. The van der Waals surface area contributed by atoms with Crippen LogP contribution < -0.4 is 10.6 Å². The Kier molecular flexibility index (Phi) is 3.35. The van der Waals surface area contributed by atoms with E-state index >= 15 is 0 Å². The van der Waals surface area contributed by atoms with E-state index < -0.39 is 0 Å².